The van der Waals surface area contributed by atoms with E-state index in [1.54, 1.807) is 0 Å². The van der Waals surface area contributed by atoms with Gasteiger partial charge in [-0.1, -0.05) is 30.3 Å². The fourth-order valence-electron chi connectivity index (χ4n) is 1.51. The zero-order chi connectivity index (χ0) is 13.6. The largest absolute Gasteiger partial charge is 0.673 e. The highest BCUT2D eigenvalue weighted by Crippen LogP contribution is 2.09. The third kappa shape index (κ3) is 6.83. The lowest BCUT2D eigenvalue weighted by molar-refractivity contribution is 0.291. The second-order valence-electron chi connectivity index (χ2n) is 3.92. The van der Waals surface area contributed by atoms with E-state index in [9.17, 15) is 17.3 Å². The Labute approximate surface area is 104 Å². The first-order valence-corrected chi connectivity index (χ1v) is 5.38. The molecule has 0 saturated heterocycles. The molecule has 0 unspecified atom stereocenters. The topological polar surface area (TPSA) is 6.48 Å². The molecule has 0 spiro atoms. The van der Waals surface area contributed by atoms with Gasteiger partial charge in [0.2, 0.25) is 0 Å². The summed E-state index contributed by atoms with van der Waals surface area (Å²) in [5, 5.41) is 0. The maximum absolute atomic E-state index is 9.75. The Hall–Kier alpha value is -1.66. The summed E-state index contributed by atoms with van der Waals surface area (Å²) in [7, 11) is -3.92. The van der Waals surface area contributed by atoms with E-state index in [0.29, 0.717) is 0 Å². The Morgan fingerprint density at radius 2 is 1.61 bits per heavy atom. The Morgan fingerprint density at radius 1 is 1.06 bits per heavy atom. The lowest BCUT2D eigenvalue weighted by Crippen LogP contribution is -2.21. The van der Waals surface area contributed by atoms with Gasteiger partial charge in [0.15, 0.2) is 0 Å². The van der Waals surface area contributed by atoms with Crippen LogP contribution in [0.4, 0.5) is 17.3 Å². The molecule has 1 aromatic carbocycles. The van der Waals surface area contributed by atoms with Crippen molar-refractivity contribution in [1.82, 2.24) is 9.80 Å². The third-order valence-electron chi connectivity index (χ3n) is 2.17. The van der Waals surface area contributed by atoms with E-state index >= 15 is 0 Å². The molecule has 0 amide bonds. The smallest absolute Gasteiger partial charge is 0.418 e. The molecule has 0 saturated carbocycles. The second kappa shape index (κ2) is 6.32. The zero-order valence-corrected chi connectivity index (χ0v) is 9.94. The SMILES string of the molecule is CN1C=CN(Cc2ccccc2)C1.F[B-](F)(F)F. The van der Waals surface area contributed by atoms with Gasteiger partial charge in [0.05, 0.1) is 6.67 Å². The molecule has 1 aromatic rings. The predicted molar refractivity (Wildman–Crippen MR) is 63.9 cm³/mol. The Kier molecular flexibility index (Phi) is 5.06. The lowest BCUT2D eigenvalue weighted by Gasteiger charge is -2.17. The first kappa shape index (κ1) is 14.4. The van der Waals surface area contributed by atoms with Crippen molar-refractivity contribution in [3.8, 4) is 0 Å². The standard InChI is InChI=1S/C11H14N2.BF4/c1-12-7-8-13(10-12)9-11-5-3-2-4-6-11;2-1(3,4)5/h2-8H,9-10H2,1H3;/q;-1. The summed E-state index contributed by atoms with van der Waals surface area (Å²) in [6.45, 7) is 2.00. The average Bonchev–Trinajstić information content (AvgIpc) is 2.63. The van der Waals surface area contributed by atoms with Gasteiger partial charge in [-0.3, -0.25) is 0 Å². The summed E-state index contributed by atoms with van der Waals surface area (Å²) in [4.78, 5) is 4.46. The van der Waals surface area contributed by atoms with Crippen molar-refractivity contribution in [1.29, 1.82) is 0 Å². The van der Waals surface area contributed by atoms with Crippen LogP contribution in [-0.2, 0) is 6.54 Å². The summed E-state index contributed by atoms with van der Waals surface area (Å²) in [6.07, 6.45) is 4.23. The molecular formula is C11H14BF4N2-. The summed E-state index contributed by atoms with van der Waals surface area (Å²) in [5.74, 6) is 0. The Balaban J connectivity index is 0.000000280. The van der Waals surface area contributed by atoms with Crippen LogP contribution in [0.3, 0.4) is 0 Å². The van der Waals surface area contributed by atoms with Crippen LogP contribution in [0.2, 0.25) is 0 Å². The molecule has 0 atom stereocenters. The molecule has 0 N–H and O–H groups in total. The van der Waals surface area contributed by atoms with Crippen molar-refractivity contribution in [2.75, 3.05) is 13.7 Å². The highest BCUT2D eigenvalue weighted by Gasteiger charge is 2.20. The second-order valence-corrected chi connectivity index (χ2v) is 3.92. The quantitative estimate of drug-likeness (QED) is 0.596. The van der Waals surface area contributed by atoms with Crippen molar-refractivity contribution >= 4 is 7.25 Å². The van der Waals surface area contributed by atoms with Crippen LogP contribution in [-0.4, -0.2) is 30.8 Å². The first-order valence-electron chi connectivity index (χ1n) is 5.38. The van der Waals surface area contributed by atoms with Crippen LogP contribution >= 0.6 is 0 Å². The predicted octanol–water partition coefficient (Wildman–Crippen LogP) is 3.16. The summed E-state index contributed by atoms with van der Waals surface area (Å²) in [5.41, 5.74) is 1.36. The van der Waals surface area contributed by atoms with Crippen molar-refractivity contribution < 1.29 is 17.3 Å². The van der Waals surface area contributed by atoms with Crippen LogP contribution in [0.1, 0.15) is 5.56 Å². The Bertz CT molecular complexity index is 374. The number of halogens is 4. The third-order valence-corrected chi connectivity index (χ3v) is 2.17. The van der Waals surface area contributed by atoms with Gasteiger partial charge < -0.3 is 27.1 Å². The average molecular weight is 261 g/mol. The van der Waals surface area contributed by atoms with Gasteiger partial charge in [-0.2, -0.15) is 0 Å². The van der Waals surface area contributed by atoms with E-state index in [0.717, 1.165) is 13.2 Å². The zero-order valence-electron chi connectivity index (χ0n) is 9.94. The molecule has 18 heavy (non-hydrogen) atoms. The van der Waals surface area contributed by atoms with Gasteiger partial charge in [0.25, 0.3) is 0 Å². The van der Waals surface area contributed by atoms with E-state index in [1.807, 2.05) is 0 Å². The molecule has 100 valence electrons. The van der Waals surface area contributed by atoms with Crippen molar-refractivity contribution in [2.24, 2.45) is 0 Å². The maximum Gasteiger partial charge on any atom is 0.673 e. The summed E-state index contributed by atoms with van der Waals surface area (Å²) < 4.78 is 39.0. The lowest BCUT2D eigenvalue weighted by atomic mass is 10.2. The van der Waals surface area contributed by atoms with E-state index in [4.69, 9.17) is 0 Å². The molecule has 1 heterocycles. The minimum atomic E-state index is -6.00. The fraction of sp³-hybridized carbons (Fsp3) is 0.273. The number of benzene rings is 1. The first-order chi connectivity index (χ1) is 8.34. The number of hydrogen-bond donors (Lipinski definition) is 0. The van der Waals surface area contributed by atoms with Crippen LogP contribution < -0.4 is 0 Å². The van der Waals surface area contributed by atoms with Crippen LogP contribution in [0.15, 0.2) is 42.7 Å². The van der Waals surface area contributed by atoms with E-state index in [2.05, 4.69) is 59.6 Å². The molecule has 7 heteroatoms. The number of hydrogen-bond acceptors (Lipinski definition) is 2. The normalized spacial score (nSPS) is 14.5. The van der Waals surface area contributed by atoms with Gasteiger partial charge >= 0.3 is 7.25 Å². The summed E-state index contributed by atoms with van der Waals surface area (Å²) in [6, 6.07) is 10.5. The molecule has 2 rings (SSSR count). The molecule has 0 aromatic heterocycles. The van der Waals surface area contributed by atoms with Gasteiger partial charge in [-0.15, -0.1) is 0 Å². The molecule has 0 bridgehead atoms. The number of rotatable bonds is 2. The molecule has 1 aliphatic heterocycles. The maximum atomic E-state index is 9.75. The summed E-state index contributed by atoms with van der Waals surface area (Å²) >= 11 is 0. The highest BCUT2D eigenvalue weighted by atomic mass is 19.5. The Morgan fingerprint density at radius 3 is 2.06 bits per heavy atom. The van der Waals surface area contributed by atoms with E-state index in [1.165, 1.54) is 5.56 Å². The molecular weight excluding hydrogens is 247 g/mol. The van der Waals surface area contributed by atoms with Gasteiger partial charge in [-0.05, 0) is 5.56 Å². The van der Waals surface area contributed by atoms with Crippen LogP contribution in [0.5, 0.6) is 0 Å². The van der Waals surface area contributed by atoms with E-state index < -0.39 is 7.25 Å². The minimum Gasteiger partial charge on any atom is -0.418 e. The van der Waals surface area contributed by atoms with Gasteiger partial charge in [-0.25, -0.2) is 0 Å². The van der Waals surface area contributed by atoms with Gasteiger partial charge in [0.1, 0.15) is 0 Å². The molecule has 1 aliphatic rings. The van der Waals surface area contributed by atoms with Crippen LogP contribution in [0, 0.1) is 0 Å². The van der Waals surface area contributed by atoms with Gasteiger partial charge in [0, 0.05) is 26.0 Å². The molecule has 0 aliphatic carbocycles. The molecule has 0 radical (unpaired) electrons. The van der Waals surface area contributed by atoms with Crippen molar-refractivity contribution in [3.63, 3.8) is 0 Å². The van der Waals surface area contributed by atoms with E-state index in [-0.39, 0.29) is 0 Å². The molecule has 2 nitrogen and oxygen atoms in total. The monoisotopic (exact) mass is 261 g/mol. The van der Waals surface area contributed by atoms with Crippen molar-refractivity contribution in [2.45, 2.75) is 6.54 Å². The molecule has 0 fully saturated rings. The fourth-order valence-corrected chi connectivity index (χ4v) is 1.51. The van der Waals surface area contributed by atoms with Crippen LogP contribution in [0.25, 0.3) is 0 Å². The van der Waals surface area contributed by atoms with Crippen molar-refractivity contribution in [3.05, 3.63) is 48.3 Å². The minimum absolute atomic E-state index is 0.995. The highest BCUT2D eigenvalue weighted by molar-refractivity contribution is 6.50. The number of nitrogens with zero attached hydrogens (tertiary/aromatic N) is 2.